The SMILES string of the molecule is COC(=O)C(CN=C(N)N1CCCC(C)C1)OC. The molecule has 6 nitrogen and oxygen atoms in total. The molecule has 0 spiro atoms. The molecule has 1 aliphatic heterocycles. The van der Waals surface area contributed by atoms with Gasteiger partial charge in [0.1, 0.15) is 0 Å². The maximum atomic E-state index is 11.3. The monoisotopic (exact) mass is 257 g/mol. The summed E-state index contributed by atoms with van der Waals surface area (Å²) < 4.78 is 9.62. The number of methoxy groups -OCH3 is 2. The fourth-order valence-corrected chi connectivity index (χ4v) is 2.05. The van der Waals surface area contributed by atoms with Crippen molar-refractivity contribution in [3.05, 3.63) is 0 Å². The van der Waals surface area contributed by atoms with Crippen LogP contribution in [-0.4, -0.2) is 56.8 Å². The molecule has 2 atom stereocenters. The van der Waals surface area contributed by atoms with Crippen LogP contribution < -0.4 is 5.73 Å². The number of carbonyl (C=O) groups is 1. The molecule has 0 aliphatic carbocycles. The molecule has 0 aromatic rings. The van der Waals surface area contributed by atoms with Crippen molar-refractivity contribution in [2.45, 2.75) is 25.9 Å². The van der Waals surface area contributed by atoms with E-state index in [2.05, 4.69) is 21.6 Å². The quantitative estimate of drug-likeness (QED) is 0.443. The van der Waals surface area contributed by atoms with Gasteiger partial charge in [-0.2, -0.15) is 0 Å². The summed E-state index contributed by atoms with van der Waals surface area (Å²) in [5.74, 6) is 0.680. The highest BCUT2D eigenvalue weighted by Crippen LogP contribution is 2.14. The Morgan fingerprint density at radius 3 is 2.83 bits per heavy atom. The largest absolute Gasteiger partial charge is 0.467 e. The second kappa shape index (κ2) is 7.20. The molecule has 0 aromatic heterocycles. The van der Waals surface area contributed by atoms with Crippen LogP contribution in [0.4, 0.5) is 0 Å². The van der Waals surface area contributed by atoms with E-state index in [0.29, 0.717) is 11.9 Å². The zero-order valence-electron chi connectivity index (χ0n) is 11.4. The normalized spacial score (nSPS) is 22.7. The lowest BCUT2D eigenvalue weighted by atomic mass is 10.0. The lowest BCUT2D eigenvalue weighted by molar-refractivity contribution is -0.151. The Morgan fingerprint density at radius 1 is 1.56 bits per heavy atom. The molecule has 18 heavy (non-hydrogen) atoms. The van der Waals surface area contributed by atoms with Gasteiger partial charge in [-0.15, -0.1) is 0 Å². The standard InChI is InChI=1S/C12H23N3O3/c1-9-5-4-6-15(8-9)12(13)14-7-10(17-2)11(16)18-3/h9-10H,4-8H2,1-3H3,(H2,13,14). The van der Waals surface area contributed by atoms with Crippen LogP contribution in [0.3, 0.4) is 0 Å². The highest BCUT2D eigenvalue weighted by Gasteiger charge is 2.20. The first kappa shape index (κ1) is 14.8. The van der Waals surface area contributed by atoms with Crippen LogP contribution in [0.2, 0.25) is 0 Å². The molecule has 0 bridgehead atoms. The van der Waals surface area contributed by atoms with Crippen molar-refractivity contribution in [1.82, 2.24) is 4.90 Å². The first-order valence-electron chi connectivity index (χ1n) is 6.24. The van der Waals surface area contributed by atoms with Crippen LogP contribution in [0.5, 0.6) is 0 Å². The fraction of sp³-hybridized carbons (Fsp3) is 0.833. The van der Waals surface area contributed by atoms with Gasteiger partial charge in [0.05, 0.1) is 13.7 Å². The molecule has 1 aliphatic rings. The zero-order chi connectivity index (χ0) is 13.5. The number of nitrogens with zero attached hydrogens (tertiary/aromatic N) is 2. The van der Waals surface area contributed by atoms with Crippen LogP contribution >= 0.6 is 0 Å². The summed E-state index contributed by atoms with van der Waals surface area (Å²) in [6.45, 7) is 4.24. The molecule has 1 saturated heterocycles. The van der Waals surface area contributed by atoms with Crippen LogP contribution in [0.25, 0.3) is 0 Å². The highest BCUT2D eigenvalue weighted by molar-refractivity contribution is 5.79. The number of hydrogen-bond donors (Lipinski definition) is 1. The summed E-state index contributed by atoms with van der Waals surface area (Å²) >= 11 is 0. The van der Waals surface area contributed by atoms with Crippen molar-refractivity contribution in [3.8, 4) is 0 Å². The van der Waals surface area contributed by atoms with Gasteiger partial charge in [0.2, 0.25) is 0 Å². The van der Waals surface area contributed by atoms with Crippen molar-refractivity contribution >= 4 is 11.9 Å². The van der Waals surface area contributed by atoms with Crippen molar-refractivity contribution in [1.29, 1.82) is 0 Å². The van der Waals surface area contributed by atoms with E-state index in [0.717, 1.165) is 19.5 Å². The van der Waals surface area contributed by atoms with Crippen molar-refractivity contribution in [2.24, 2.45) is 16.6 Å². The molecule has 104 valence electrons. The van der Waals surface area contributed by atoms with Gasteiger partial charge in [0, 0.05) is 20.2 Å². The van der Waals surface area contributed by atoms with Gasteiger partial charge in [0.15, 0.2) is 12.1 Å². The first-order chi connectivity index (χ1) is 8.58. The summed E-state index contributed by atoms with van der Waals surface area (Å²) in [6, 6.07) is 0. The molecule has 0 radical (unpaired) electrons. The number of carbonyl (C=O) groups excluding carboxylic acids is 1. The minimum atomic E-state index is -0.684. The van der Waals surface area contributed by atoms with E-state index in [4.69, 9.17) is 10.5 Å². The second-order valence-electron chi connectivity index (χ2n) is 4.64. The first-order valence-corrected chi connectivity index (χ1v) is 6.24. The number of aliphatic imine (C=N–C) groups is 1. The van der Waals surface area contributed by atoms with Gasteiger partial charge < -0.3 is 20.1 Å². The van der Waals surface area contributed by atoms with Gasteiger partial charge in [-0.25, -0.2) is 9.79 Å². The predicted molar refractivity (Wildman–Crippen MR) is 69.3 cm³/mol. The van der Waals surface area contributed by atoms with Crippen LogP contribution in [0.1, 0.15) is 19.8 Å². The number of esters is 1. The maximum absolute atomic E-state index is 11.3. The molecule has 0 amide bonds. The van der Waals surface area contributed by atoms with Gasteiger partial charge in [0.25, 0.3) is 0 Å². The Bertz CT molecular complexity index is 307. The number of ether oxygens (including phenoxy) is 2. The number of hydrogen-bond acceptors (Lipinski definition) is 4. The van der Waals surface area contributed by atoms with Crippen molar-refractivity contribution < 1.29 is 14.3 Å². The lowest BCUT2D eigenvalue weighted by Gasteiger charge is -2.31. The Labute approximate surface area is 108 Å². The molecule has 1 heterocycles. The molecule has 1 fully saturated rings. The topological polar surface area (TPSA) is 77.1 Å². The third kappa shape index (κ3) is 4.18. The van der Waals surface area contributed by atoms with Gasteiger partial charge in [-0.1, -0.05) is 6.92 Å². The molecule has 0 aromatic carbocycles. The number of piperidine rings is 1. The van der Waals surface area contributed by atoms with Crippen LogP contribution in [-0.2, 0) is 14.3 Å². The Hall–Kier alpha value is -1.30. The molecule has 0 saturated carbocycles. The summed E-state index contributed by atoms with van der Waals surface area (Å²) in [6.07, 6.45) is 1.67. The zero-order valence-corrected chi connectivity index (χ0v) is 11.4. The van der Waals surface area contributed by atoms with Gasteiger partial charge >= 0.3 is 5.97 Å². The van der Waals surface area contributed by atoms with E-state index in [1.807, 2.05) is 0 Å². The average Bonchev–Trinajstić information content (AvgIpc) is 2.38. The molecular formula is C12H23N3O3. The van der Waals surface area contributed by atoms with Crippen molar-refractivity contribution in [2.75, 3.05) is 33.9 Å². The van der Waals surface area contributed by atoms with E-state index < -0.39 is 12.1 Å². The maximum Gasteiger partial charge on any atom is 0.336 e. The molecule has 2 N–H and O–H groups in total. The molecule has 6 heteroatoms. The third-order valence-corrected chi connectivity index (χ3v) is 3.15. The fourth-order valence-electron chi connectivity index (χ4n) is 2.05. The summed E-state index contributed by atoms with van der Waals surface area (Å²) in [7, 11) is 2.78. The highest BCUT2D eigenvalue weighted by atomic mass is 16.6. The van der Waals surface area contributed by atoms with E-state index in [1.165, 1.54) is 20.6 Å². The van der Waals surface area contributed by atoms with Crippen LogP contribution in [0, 0.1) is 5.92 Å². The predicted octanol–water partition coefficient (Wildman–Crippen LogP) is 0.221. The Morgan fingerprint density at radius 2 is 2.28 bits per heavy atom. The Kier molecular flexibility index (Phi) is 5.91. The number of guanidine groups is 1. The molecule has 1 rings (SSSR count). The summed E-state index contributed by atoms with van der Waals surface area (Å²) in [5.41, 5.74) is 5.92. The lowest BCUT2D eigenvalue weighted by Crippen LogP contribution is -2.44. The number of nitrogens with two attached hydrogens (primary N) is 1. The third-order valence-electron chi connectivity index (χ3n) is 3.15. The van der Waals surface area contributed by atoms with E-state index in [-0.39, 0.29) is 6.54 Å². The van der Waals surface area contributed by atoms with Crippen LogP contribution in [0.15, 0.2) is 4.99 Å². The van der Waals surface area contributed by atoms with E-state index in [1.54, 1.807) is 0 Å². The summed E-state index contributed by atoms with van der Waals surface area (Å²) in [5, 5.41) is 0. The molecular weight excluding hydrogens is 234 g/mol. The van der Waals surface area contributed by atoms with Gasteiger partial charge in [-0.05, 0) is 18.8 Å². The minimum Gasteiger partial charge on any atom is -0.467 e. The van der Waals surface area contributed by atoms with E-state index >= 15 is 0 Å². The number of likely N-dealkylation sites (tertiary alicyclic amines) is 1. The summed E-state index contributed by atoms with van der Waals surface area (Å²) in [4.78, 5) is 17.6. The van der Waals surface area contributed by atoms with Gasteiger partial charge in [-0.3, -0.25) is 0 Å². The second-order valence-corrected chi connectivity index (χ2v) is 4.64. The number of rotatable bonds is 4. The minimum absolute atomic E-state index is 0.194. The van der Waals surface area contributed by atoms with Crippen molar-refractivity contribution in [3.63, 3.8) is 0 Å². The van der Waals surface area contributed by atoms with E-state index in [9.17, 15) is 4.79 Å². The Balaban J connectivity index is 2.51. The smallest absolute Gasteiger partial charge is 0.336 e. The molecule has 2 unspecified atom stereocenters. The average molecular weight is 257 g/mol.